The summed E-state index contributed by atoms with van der Waals surface area (Å²) in [6.45, 7) is 5.39. The van der Waals surface area contributed by atoms with Crippen LogP contribution >= 0.6 is 23.7 Å². The van der Waals surface area contributed by atoms with Gasteiger partial charge in [-0.1, -0.05) is 6.92 Å². The number of hydrogen-bond acceptors (Lipinski definition) is 3. The Kier molecular flexibility index (Phi) is 5.43. The average molecular weight is 275 g/mol. The Morgan fingerprint density at radius 2 is 2.29 bits per heavy atom. The second-order valence-electron chi connectivity index (χ2n) is 4.52. The number of amides is 1. The number of carbonyl (C=O) groups excluding carboxylic acids is 1. The molecule has 2 rings (SSSR count). The first-order valence-electron chi connectivity index (χ1n) is 5.75. The molecule has 96 valence electrons. The molecule has 3 unspecified atom stereocenters. The first-order valence-corrected chi connectivity index (χ1v) is 6.69. The van der Waals surface area contributed by atoms with E-state index < -0.39 is 0 Å². The van der Waals surface area contributed by atoms with E-state index in [-0.39, 0.29) is 24.4 Å². The molecule has 1 amide bonds. The second kappa shape index (κ2) is 6.38. The van der Waals surface area contributed by atoms with Crippen molar-refractivity contribution in [2.75, 3.05) is 6.54 Å². The zero-order chi connectivity index (χ0) is 11.5. The van der Waals surface area contributed by atoms with Crippen molar-refractivity contribution < 1.29 is 4.79 Å². The topological polar surface area (TPSA) is 41.1 Å². The van der Waals surface area contributed by atoms with Crippen molar-refractivity contribution in [1.82, 2.24) is 10.6 Å². The molecule has 2 N–H and O–H groups in total. The molecule has 0 aromatic carbocycles. The maximum atomic E-state index is 11.9. The molecule has 5 heteroatoms. The van der Waals surface area contributed by atoms with E-state index in [9.17, 15) is 4.79 Å². The van der Waals surface area contributed by atoms with Gasteiger partial charge in [-0.05, 0) is 37.3 Å². The third kappa shape index (κ3) is 3.44. The Morgan fingerprint density at radius 3 is 2.88 bits per heavy atom. The highest BCUT2D eigenvalue weighted by atomic mass is 35.5. The highest BCUT2D eigenvalue weighted by Crippen LogP contribution is 2.17. The fourth-order valence-corrected chi connectivity index (χ4v) is 2.87. The Hall–Kier alpha value is -0.580. The smallest absolute Gasteiger partial charge is 0.252 e. The summed E-state index contributed by atoms with van der Waals surface area (Å²) in [5, 5.41) is 10.3. The molecular formula is C12H19ClN2OS. The fraction of sp³-hybridized carbons (Fsp3) is 0.583. The van der Waals surface area contributed by atoms with Crippen molar-refractivity contribution in [3.8, 4) is 0 Å². The first kappa shape index (κ1) is 14.5. The summed E-state index contributed by atoms with van der Waals surface area (Å²) < 4.78 is 0. The molecule has 1 saturated heterocycles. The van der Waals surface area contributed by atoms with E-state index in [2.05, 4.69) is 24.5 Å². The standard InChI is InChI=1S/C12H18N2OS.ClH/c1-8-3-5-13-9(2)11(8)14-12(15)10-4-6-16-7-10;/h4,6-9,11,13H,3,5H2,1-2H3,(H,14,15);1H. The Balaban J connectivity index is 0.00000144. The van der Waals surface area contributed by atoms with Crippen LogP contribution < -0.4 is 10.6 Å². The summed E-state index contributed by atoms with van der Waals surface area (Å²) in [5.41, 5.74) is 0.773. The number of nitrogens with one attached hydrogen (secondary N) is 2. The molecular weight excluding hydrogens is 256 g/mol. The van der Waals surface area contributed by atoms with Crippen molar-refractivity contribution in [1.29, 1.82) is 0 Å². The molecule has 1 aliphatic rings. The molecule has 17 heavy (non-hydrogen) atoms. The number of carbonyl (C=O) groups is 1. The van der Waals surface area contributed by atoms with Crippen LogP contribution in [0.5, 0.6) is 0 Å². The van der Waals surface area contributed by atoms with Gasteiger partial charge in [0.05, 0.1) is 0 Å². The lowest BCUT2D eigenvalue weighted by Crippen LogP contribution is -2.55. The first-order chi connectivity index (χ1) is 7.68. The van der Waals surface area contributed by atoms with E-state index in [0.29, 0.717) is 12.0 Å². The molecule has 1 aliphatic heterocycles. The van der Waals surface area contributed by atoms with E-state index in [1.165, 1.54) is 0 Å². The van der Waals surface area contributed by atoms with E-state index in [0.717, 1.165) is 18.5 Å². The van der Waals surface area contributed by atoms with Crippen LogP contribution in [-0.2, 0) is 0 Å². The number of rotatable bonds is 2. The van der Waals surface area contributed by atoms with Gasteiger partial charge in [0, 0.05) is 23.0 Å². The molecule has 0 radical (unpaired) electrons. The maximum absolute atomic E-state index is 11.9. The Bertz CT molecular complexity index is 345. The van der Waals surface area contributed by atoms with E-state index in [4.69, 9.17) is 0 Å². The van der Waals surface area contributed by atoms with Crippen molar-refractivity contribution in [2.45, 2.75) is 32.4 Å². The van der Waals surface area contributed by atoms with Crippen LogP contribution in [0.25, 0.3) is 0 Å². The van der Waals surface area contributed by atoms with Crippen LogP contribution in [0.3, 0.4) is 0 Å². The molecule has 1 aromatic rings. The van der Waals surface area contributed by atoms with Crippen molar-refractivity contribution >= 4 is 29.7 Å². The normalized spacial score (nSPS) is 28.2. The van der Waals surface area contributed by atoms with Gasteiger partial charge >= 0.3 is 0 Å². The van der Waals surface area contributed by atoms with Crippen molar-refractivity contribution in [3.63, 3.8) is 0 Å². The van der Waals surface area contributed by atoms with Crippen molar-refractivity contribution in [3.05, 3.63) is 22.4 Å². The van der Waals surface area contributed by atoms with Crippen LogP contribution in [0.4, 0.5) is 0 Å². The monoisotopic (exact) mass is 274 g/mol. The molecule has 2 heterocycles. The van der Waals surface area contributed by atoms with E-state index >= 15 is 0 Å². The molecule has 3 atom stereocenters. The van der Waals surface area contributed by atoms with Gasteiger partial charge in [-0.25, -0.2) is 0 Å². The van der Waals surface area contributed by atoms with Crippen LogP contribution in [0, 0.1) is 5.92 Å². The third-order valence-electron chi connectivity index (χ3n) is 3.30. The van der Waals surface area contributed by atoms with Gasteiger partial charge in [0.25, 0.3) is 5.91 Å². The minimum absolute atomic E-state index is 0. The maximum Gasteiger partial charge on any atom is 0.252 e. The lowest BCUT2D eigenvalue weighted by molar-refractivity contribution is 0.0898. The predicted octanol–water partition coefficient (Wildman–Crippen LogP) is 2.29. The van der Waals surface area contributed by atoms with Gasteiger partial charge in [0.15, 0.2) is 0 Å². The van der Waals surface area contributed by atoms with Crippen LogP contribution in [0.15, 0.2) is 16.8 Å². The summed E-state index contributed by atoms with van der Waals surface area (Å²) in [6.07, 6.45) is 1.12. The quantitative estimate of drug-likeness (QED) is 0.869. The molecule has 1 fully saturated rings. The predicted molar refractivity (Wildman–Crippen MR) is 74.1 cm³/mol. The van der Waals surface area contributed by atoms with Gasteiger partial charge in [-0.2, -0.15) is 11.3 Å². The summed E-state index contributed by atoms with van der Waals surface area (Å²) in [5.74, 6) is 0.590. The number of piperidine rings is 1. The summed E-state index contributed by atoms with van der Waals surface area (Å²) in [6, 6.07) is 2.46. The van der Waals surface area contributed by atoms with Gasteiger partial charge in [-0.15, -0.1) is 12.4 Å². The highest BCUT2D eigenvalue weighted by molar-refractivity contribution is 7.08. The molecule has 0 spiro atoms. The zero-order valence-electron chi connectivity index (χ0n) is 10.1. The third-order valence-corrected chi connectivity index (χ3v) is 3.98. The summed E-state index contributed by atoms with van der Waals surface area (Å²) in [4.78, 5) is 11.9. The van der Waals surface area contributed by atoms with Gasteiger partial charge in [-0.3, -0.25) is 4.79 Å². The minimum Gasteiger partial charge on any atom is -0.347 e. The van der Waals surface area contributed by atoms with Crippen LogP contribution in [0.1, 0.15) is 30.6 Å². The SMILES string of the molecule is CC1CCNC(C)C1NC(=O)c1ccsc1.Cl. The summed E-state index contributed by atoms with van der Waals surface area (Å²) >= 11 is 1.56. The van der Waals surface area contributed by atoms with E-state index in [1.807, 2.05) is 16.8 Å². The molecule has 1 aromatic heterocycles. The van der Waals surface area contributed by atoms with Gasteiger partial charge in [0.1, 0.15) is 0 Å². The fourth-order valence-electron chi connectivity index (χ4n) is 2.23. The second-order valence-corrected chi connectivity index (χ2v) is 5.30. The molecule has 0 saturated carbocycles. The van der Waals surface area contributed by atoms with Gasteiger partial charge < -0.3 is 10.6 Å². The van der Waals surface area contributed by atoms with Crippen LogP contribution in [-0.4, -0.2) is 24.5 Å². The summed E-state index contributed by atoms with van der Waals surface area (Å²) in [7, 11) is 0. The minimum atomic E-state index is 0. The molecule has 0 aliphatic carbocycles. The van der Waals surface area contributed by atoms with Crippen molar-refractivity contribution in [2.24, 2.45) is 5.92 Å². The number of hydrogen-bond donors (Lipinski definition) is 2. The van der Waals surface area contributed by atoms with Gasteiger partial charge in [0.2, 0.25) is 0 Å². The van der Waals surface area contributed by atoms with Crippen LogP contribution in [0.2, 0.25) is 0 Å². The lowest BCUT2D eigenvalue weighted by Gasteiger charge is -2.35. The molecule has 0 bridgehead atoms. The lowest BCUT2D eigenvalue weighted by atomic mass is 9.89. The molecule has 3 nitrogen and oxygen atoms in total. The largest absolute Gasteiger partial charge is 0.347 e. The number of thiophene rings is 1. The average Bonchev–Trinajstić information content (AvgIpc) is 2.76. The number of halogens is 1. The Labute approximate surface area is 112 Å². The highest BCUT2D eigenvalue weighted by Gasteiger charge is 2.28. The Morgan fingerprint density at radius 1 is 1.53 bits per heavy atom. The zero-order valence-corrected chi connectivity index (χ0v) is 11.7. The van der Waals surface area contributed by atoms with E-state index in [1.54, 1.807) is 11.3 Å².